The van der Waals surface area contributed by atoms with Crippen LogP contribution in [-0.2, 0) is 43.5 Å². The van der Waals surface area contributed by atoms with Crippen LogP contribution in [0.3, 0.4) is 0 Å². The van der Waals surface area contributed by atoms with Gasteiger partial charge in [-0.25, -0.2) is 0 Å². The number of hydrogen-bond donors (Lipinski definition) is 2. The van der Waals surface area contributed by atoms with E-state index in [0.29, 0.717) is 6.54 Å². The molecule has 9 nitrogen and oxygen atoms in total. The average Bonchev–Trinajstić information content (AvgIpc) is 3.16. The van der Waals surface area contributed by atoms with Gasteiger partial charge >= 0.3 is 5.97 Å². The molecule has 51 heavy (non-hydrogen) atoms. The maximum Gasteiger partial charge on any atom is 0.303 e. The fourth-order valence-electron chi connectivity index (χ4n) is 6.96. The minimum atomic E-state index is -0.864. The molecule has 2 heterocycles. The molecule has 0 radical (unpaired) electrons. The molecule has 4 aromatic rings. The molecule has 0 aromatic heterocycles. The summed E-state index contributed by atoms with van der Waals surface area (Å²) in [6, 6.07) is 34.9. The quantitative estimate of drug-likeness (QED) is 0.174. The highest BCUT2D eigenvalue weighted by atomic mass is 16.7. The minimum absolute atomic E-state index is 0.00121. The molecule has 1 amide bonds. The molecule has 0 unspecified atom stereocenters. The van der Waals surface area contributed by atoms with Crippen LogP contribution in [0.4, 0.5) is 0 Å². The maximum absolute atomic E-state index is 12.5. The number of carbonyl (C=O) groups excluding carboxylic acids is 2. The van der Waals surface area contributed by atoms with Crippen LogP contribution >= 0.6 is 0 Å². The van der Waals surface area contributed by atoms with Crippen molar-refractivity contribution >= 4 is 11.9 Å². The predicted molar refractivity (Wildman–Crippen MR) is 196 cm³/mol. The van der Waals surface area contributed by atoms with Gasteiger partial charge in [-0.05, 0) is 40.3 Å². The molecule has 0 bridgehead atoms. The summed E-state index contributed by atoms with van der Waals surface area (Å²) in [4.78, 5) is 28.8. The molecule has 4 aromatic carbocycles. The summed E-state index contributed by atoms with van der Waals surface area (Å²) in [5.74, 6) is -0.734. The first kappa shape index (κ1) is 36.4. The summed E-state index contributed by atoms with van der Waals surface area (Å²) in [6.45, 7) is 11.1. The van der Waals surface area contributed by atoms with Crippen molar-refractivity contribution in [3.8, 4) is 11.1 Å². The molecule has 5 atom stereocenters. The zero-order valence-electron chi connectivity index (χ0n) is 29.7. The van der Waals surface area contributed by atoms with Crippen molar-refractivity contribution in [2.24, 2.45) is 5.92 Å². The second-order valence-electron chi connectivity index (χ2n) is 13.6. The van der Waals surface area contributed by atoms with Gasteiger partial charge < -0.3 is 24.6 Å². The standard InChI is InChI=1S/C42H49N3O6/c1-29-39(27-45-23-21-44(22-24-45)26-32-9-5-4-6-10-32)50-42(51-40(29)35-15-13-33(28-46)14-16-35)36-19-17-34(18-20-36)38-12-8-7-11-37(38)25-43-41(48)30(2)49-31(3)47/h4-20,29-30,39-40,42,46H,21-28H2,1-3H3,(H,43,48)/t29-,30-,39+,40+,42+/m0/s1. The van der Waals surface area contributed by atoms with Crippen molar-refractivity contribution < 1.29 is 28.9 Å². The van der Waals surface area contributed by atoms with E-state index in [-0.39, 0.29) is 30.6 Å². The summed E-state index contributed by atoms with van der Waals surface area (Å²) in [5, 5.41) is 12.5. The van der Waals surface area contributed by atoms with Crippen molar-refractivity contribution in [3.05, 3.63) is 131 Å². The van der Waals surface area contributed by atoms with Gasteiger partial charge in [0.15, 0.2) is 12.4 Å². The molecule has 2 aliphatic heterocycles. The van der Waals surface area contributed by atoms with E-state index in [4.69, 9.17) is 14.2 Å². The topological polar surface area (TPSA) is 101 Å². The predicted octanol–water partition coefficient (Wildman–Crippen LogP) is 6.02. The van der Waals surface area contributed by atoms with Gasteiger partial charge in [-0.2, -0.15) is 0 Å². The number of aliphatic hydroxyl groups is 1. The second-order valence-corrected chi connectivity index (χ2v) is 13.6. The second kappa shape index (κ2) is 17.2. The third-order valence-corrected chi connectivity index (χ3v) is 9.95. The highest BCUT2D eigenvalue weighted by molar-refractivity contribution is 5.83. The highest BCUT2D eigenvalue weighted by Crippen LogP contribution is 2.42. The lowest BCUT2D eigenvalue weighted by Crippen LogP contribution is -2.51. The Hall–Kier alpha value is -4.38. The Morgan fingerprint density at radius 1 is 0.824 bits per heavy atom. The van der Waals surface area contributed by atoms with E-state index in [2.05, 4.69) is 88.8 Å². The number of carbonyl (C=O) groups is 2. The molecule has 2 saturated heterocycles. The van der Waals surface area contributed by atoms with Gasteiger partial charge in [0, 0.05) is 64.2 Å². The zero-order chi connectivity index (χ0) is 35.7. The molecule has 2 N–H and O–H groups in total. The Balaban J connectivity index is 1.16. The van der Waals surface area contributed by atoms with Crippen LogP contribution in [0.15, 0.2) is 103 Å². The molecule has 0 spiro atoms. The monoisotopic (exact) mass is 691 g/mol. The number of esters is 1. The summed E-state index contributed by atoms with van der Waals surface area (Å²) in [5.41, 5.74) is 7.16. The first-order valence-corrected chi connectivity index (χ1v) is 17.9. The first-order valence-electron chi connectivity index (χ1n) is 17.9. The molecular formula is C42H49N3O6. The van der Waals surface area contributed by atoms with Crippen LogP contribution in [0.5, 0.6) is 0 Å². The molecule has 2 aliphatic rings. The van der Waals surface area contributed by atoms with Crippen LogP contribution in [0.25, 0.3) is 11.1 Å². The molecule has 0 aliphatic carbocycles. The fraction of sp³-hybridized carbons (Fsp3) is 0.381. The summed E-state index contributed by atoms with van der Waals surface area (Å²) < 4.78 is 18.5. The number of piperazine rings is 1. The van der Waals surface area contributed by atoms with Gasteiger partial charge in [0.05, 0.1) is 18.8 Å². The number of rotatable bonds is 12. The number of nitrogens with zero attached hydrogens (tertiary/aromatic N) is 2. The Labute approximate surface area is 301 Å². The summed E-state index contributed by atoms with van der Waals surface area (Å²) >= 11 is 0. The largest absolute Gasteiger partial charge is 0.453 e. The number of amides is 1. The third-order valence-electron chi connectivity index (χ3n) is 9.95. The third kappa shape index (κ3) is 9.49. The van der Waals surface area contributed by atoms with Gasteiger partial charge in [0.2, 0.25) is 0 Å². The van der Waals surface area contributed by atoms with E-state index >= 15 is 0 Å². The van der Waals surface area contributed by atoms with Gasteiger partial charge in [-0.15, -0.1) is 0 Å². The highest BCUT2D eigenvalue weighted by Gasteiger charge is 2.39. The van der Waals surface area contributed by atoms with Crippen LogP contribution in [-0.4, -0.2) is 71.7 Å². The number of ether oxygens (including phenoxy) is 3. The number of nitrogens with one attached hydrogen (secondary N) is 1. The lowest BCUT2D eigenvalue weighted by molar-refractivity contribution is -0.276. The van der Waals surface area contributed by atoms with Crippen molar-refractivity contribution in [1.29, 1.82) is 0 Å². The lowest BCUT2D eigenvalue weighted by atomic mass is 9.89. The van der Waals surface area contributed by atoms with Crippen LogP contribution in [0, 0.1) is 5.92 Å². The normalized spacial score (nSPS) is 21.9. The van der Waals surface area contributed by atoms with Crippen LogP contribution < -0.4 is 5.32 Å². The average molecular weight is 692 g/mol. The Morgan fingerprint density at radius 3 is 2.16 bits per heavy atom. The first-order chi connectivity index (χ1) is 24.8. The van der Waals surface area contributed by atoms with Crippen molar-refractivity contribution in [1.82, 2.24) is 15.1 Å². The number of hydrogen-bond acceptors (Lipinski definition) is 8. The fourth-order valence-corrected chi connectivity index (χ4v) is 6.96. The molecule has 268 valence electrons. The minimum Gasteiger partial charge on any atom is -0.453 e. The Morgan fingerprint density at radius 2 is 1.47 bits per heavy atom. The maximum atomic E-state index is 12.5. The smallest absolute Gasteiger partial charge is 0.303 e. The van der Waals surface area contributed by atoms with Gasteiger partial charge in [0.25, 0.3) is 5.91 Å². The van der Waals surface area contributed by atoms with E-state index in [1.165, 1.54) is 12.5 Å². The van der Waals surface area contributed by atoms with E-state index < -0.39 is 18.4 Å². The Kier molecular flexibility index (Phi) is 12.3. The van der Waals surface area contributed by atoms with E-state index in [1.807, 2.05) is 36.4 Å². The molecular weight excluding hydrogens is 642 g/mol. The van der Waals surface area contributed by atoms with Gasteiger partial charge in [-0.1, -0.05) is 110 Å². The summed E-state index contributed by atoms with van der Waals surface area (Å²) in [6.07, 6.45) is -1.65. The van der Waals surface area contributed by atoms with Crippen LogP contribution in [0.1, 0.15) is 61.0 Å². The summed E-state index contributed by atoms with van der Waals surface area (Å²) in [7, 11) is 0. The molecule has 9 heteroatoms. The Bertz CT molecular complexity index is 1720. The zero-order valence-corrected chi connectivity index (χ0v) is 29.7. The molecule has 0 saturated carbocycles. The SMILES string of the molecule is CC(=O)O[C@@H](C)C(=O)NCc1ccccc1-c1ccc([C@@H]2O[C@H](CN3CCN(Cc4ccccc4)CC3)[C@H](C)[C@H](c3ccc(CO)cc3)O2)cc1. The van der Waals surface area contributed by atoms with E-state index in [0.717, 1.165) is 72.6 Å². The van der Waals surface area contributed by atoms with Gasteiger partial charge in [-0.3, -0.25) is 19.4 Å². The van der Waals surface area contributed by atoms with Crippen molar-refractivity contribution in [2.45, 2.75) is 65.1 Å². The molecule has 2 fully saturated rings. The number of benzene rings is 4. The van der Waals surface area contributed by atoms with Crippen LogP contribution in [0.2, 0.25) is 0 Å². The number of aliphatic hydroxyl groups excluding tert-OH is 1. The molecule has 6 rings (SSSR count). The van der Waals surface area contributed by atoms with E-state index in [1.54, 1.807) is 6.92 Å². The van der Waals surface area contributed by atoms with Crippen molar-refractivity contribution in [3.63, 3.8) is 0 Å². The van der Waals surface area contributed by atoms with Crippen molar-refractivity contribution in [2.75, 3.05) is 32.7 Å². The van der Waals surface area contributed by atoms with Gasteiger partial charge in [0.1, 0.15) is 0 Å². The van der Waals surface area contributed by atoms with E-state index in [9.17, 15) is 14.7 Å². The lowest BCUT2D eigenvalue weighted by Gasteiger charge is -2.44.